The third-order valence-electron chi connectivity index (χ3n) is 9.84. The normalized spacial score (nSPS) is 27.8. The maximum Gasteiger partial charge on any atom is 0.255 e. The van der Waals surface area contributed by atoms with Crippen molar-refractivity contribution in [3.05, 3.63) is 75.8 Å². The van der Waals surface area contributed by atoms with Crippen molar-refractivity contribution >= 4 is 17.5 Å². The number of carbonyl (C=O) groups excluding carboxylic acids is 3. The molecule has 11 heteroatoms. The average molecular weight is 603 g/mol. The summed E-state index contributed by atoms with van der Waals surface area (Å²) in [5.74, 6) is -6.53. The van der Waals surface area contributed by atoms with Crippen LogP contribution in [0.1, 0.15) is 27.9 Å². The highest BCUT2D eigenvalue weighted by molar-refractivity contribution is 6.24. The number of nitrogens with zero attached hydrogens (tertiary/aromatic N) is 3. The predicted octanol–water partition coefficient (Wildman–Crippen LogP) is 1.54. The molecular weight excluding hydrogens is 564 g/mol. The molecule has 4 aliphatic rings. The van der Waals surface area contributed by atoms with Gasteiger partial charge in [0.05, 0.1) is 11.6 Å². The number of aliphatic hydroxyl groups is 3. The third-order valence-corrected chi connectivity index (χ3v) is 9.84. The van der Waals surface area contributed by atoms with E-state index in [0.29, 0.717) is 11.1 Å². The number of amides is 1. The Kier molecular flexibility index (Phi) is 7.40. The number of nitrogens with two attached hydrogens (primary N) is 1. The number of aromatic hydroxyl groups is 1. The minimum Gasteiger partial charge on any atom is -0.510 e. The monoisotopic (exact) mass is 602 g/mol. The standard InChI is InChI=1S/C33H38N4O7/c1-35(2)26-22-15-20-14-19-7-8-21(18-6-4-5-17(13-18)16-37-11-9-36(3)10-12-37)27(38)23(19)28(39)24(20)30(41)33(22,44)31(42)25(29(26)40)32(34)43/h4-8,13,20,22,26,38,40-41,44H,9-12,14-16H2,1-3H3,(H2,34,43)/t20-,22-,26+,33-/m0/s1. The predicted molar refractivity (Wildman–Crippen MR) is 162 cm³/mol. The first-order valence-corrected chi connectivity index (χ1v) is 14.8. The Morgan fingerprint density at radius 3 is 2.43 bits per heavy atom. The first kappa shape index (κ1) is 30.0. The van der Waals surface area contributed by atoms with E-state index in [0.717, 1.165) is 43.9 Å². The second-order valence-electron chi connectivity index (χ2n) is 12.7. The zero-order valence-corrected chi connectivity index (χ0v) is 25.1. The van der Waals surface area contributed by atoms with Gasteiger partial charge in [-0.15, -0.1) is 0 Å². The average Bonchev–Trinajstić information content (AvgIpc) is 2.96. The molecule has 6 N–H and O–H groups in total. The van der Waals surface area contributed by atoms with Crippen molar-refractivity contribution in [2.24, 2.45) is 17.6 Å². The number of aliphatic hydroxyl groups excluding tert-OH is 2. The Hall–Kier alpha value is -4.03. The number of phenolic OH excluding ortho intramolecular Hbond substituents is 1. The molecule has 44 heavy (non-hydrogen) atoms. The van der Waals surface area contributed by atoms with Gasteiger partial charge in [-0.3, -0.25) is 24.2 Å². The van der Waals surface area contributed by atoms with E-state index < -0.39 is 58.0 Å². The maximum atomic E-state index is 14.1. The van der Waals surface area contributed by atoms with Gasteiger partial charge in [0.2, 0.25) is 5.78 Å². The first-order valence-electron chi connectivity index (χ1n) is 14.8. The van der Waals surface area contributed by atoms with E-state index in [1.54, 1.807) is 26.2 Å². The Labute approximate surface area is 255 Å². The van der Waals surface area contributed by atoms with Crippen molar-refractivity contribution < 1.29 is 34.8 Å². The molecule has 4 atom stereocenters. The number of piperazine rings is 1. The molecule has 3 aliphatic carbocycles. The van der Waals surface area contributed by atoms with Crippen molar-refractivity contribution in [2.75, 3.05) is 47.3 Å². The van der Waals surface area contributed by atoms with Crippen LogP contribution < -0.4 is 5.73 Å². The highest BCUT2D eigenvalue weighted by atomic mass is 16.3. The smallest absolute Gasteiger partial charge is 0.255 e. The van der Waals surface area contributed by atoms with Crippen LogP contribution in [0.4, 0.5) is 0 Å². The van der Waals surface area contributed by atoms with E-state index in [1.807, 2.05) is 24.3 Å². The summed E-state index contributed by atoms with van der Waals surface area (Å²) in [6.07, 6.45) is 0.314. The molecule has 1 fully saturated rings. The van der Waals surface area contributed by atoms with Gasteiger partial charge in [0.25, 0.3) is 5.91 Å². The molecule has 0 radical (unpaired) electrons. The van der Waals surface area contributed by atoms with Crippen LogP contribution in [0, 0.1) is 11.8 Å². The quantitative estimate of drug-likeness (QED) is 0.317. The molecule has 6 rings (SSSR count). The Morgan fingerprint density at radius 2 is 1.77 bits per heavy atom. The molecule has 0 spiro atoms. The van der Waals surface area contributed by atoms with Crippen LogP contribution in [0.25, 0.3) is 11.1 Å². The SMILES string of the molecule is CN1CCN(Cc2cccc(-c3ccc4c(c3O)C(=O)C3=C(O)[C@]5(O)C(=O)C(C(N)=O)=C(O)[C@H](N(C)C)[C@@H]5C[C@@H]3C4)c2)CC1. The molecule has 0 aromatic heterocycles. The number of rotatable bonds is 5. The lowest BCUT2D eigenvalue weighted by Gasteiger charge is -2.50. The molecule has 1 aliphatic heterocycles. The number of benzene rings is 2. The van der Waals surface area contributed by atoms with Crippen molar-refractivity contribution in [2.45, 2.75) is 31.0 Å². The summed E-state index contributed by atoms with van der Waals surface area (Å²) in [5, 5.41) is 45.7. The molecule has 2 aromatic carbocycles. The number of phenols is 1. The number of Topliss-reactive ketones (excluding diaryl/α,β-unsaturated/α-hetero) is 2. The highest BCUT2D eigenvalue weighted by Gasteiger charge is 2.63. The van der Waals surface area contributed by atoms with Gasteiger partial charge < -0.3 is 31.1 Å². The van der Waals surface area contributed by atoms with Crippen LogP contribution in [0.15, 0.2) is 59.1 Å². The number of hydrogen-bond donors (Lipinski definition) is 5. The molecular formula is C33H38N4O7. The summed E-state index contributed by atoms with van der Waals surface area (Å²) in [6.45, 7) is 4.67. The second kappa shape index (κ2) is 10.8. The molecule has 1 heterocycles. The number of ketones is 2. The summed E-state index contributed by atoms with van der Waals surface area (Å²) in [5.41, 5.74) is 4.61. The van der Waals surface area contributed by atoms with Crippen LogP contribution in [-0.4, -0.2) is 112 Å². The number of primary amides is 1. The molecule has 0 saturated carbocycles. The lowest BCUT2D eigenvalue weighted by atomic mass is 9.58. The van der Waals surface area contributed by atoms with Gasteiger partial charge in [0, 0.05) is 49.8 Å². The minimum absolute atomic E-state index is 0.00718. The maximum absolute atomic E-state index is 14.1. The molecule has 1 amide bonds. The van der Waals surface area contributed by atoms with E-state index in [1.165, 1.54) is 4.90 Å². The van der Waals surface area contributed by atoms with Crippen molar-refractivity contribution in [3.8, 4) is 16.9 Å². The van der Waals surface area contributed by atoms with Gasteiger partial charge in [0.15, 0.2) is 11.4 Å². The van der Waals surface area contributed by atoms with E-state index in [4.69, 9.17) is 5.73 Å². The summed E-state index contributed by atoms with van der Waals surface area (Å²) in [6, 6.07) is 10.4. The fourth-order valence-electron chi connectivity index (χ4n) is 7.56. The Balaban J connectivity index is 1.39. The van der Waals surface area contributed by atoms with Gasteiger partial charge >= 0.3 is 0 Å². The van der Waals surface area contributed by atoms with Crippen LogP contribution >= 0.6 is 0 Å². The fourth-order valence-corrected chi connectivity index (χ4v) is 7.56. The van der Waals surface area contributed by atoms with Gasteiger partial charge in [-0.05, 0) is 62.7 Å². The summed E-state index contributed by atoms with van der Waals surface area (Å²) in [4.78, 5) is 45.9. The van der Waals surface area contributed by atoms with E-state index >= 15 is 0 Å². The second-order valence-corrected chi connectivity index (χ2v) is 12.7. The minimum atomic E-state index is -2.66. The van der Waals surface area contributed by atoms with Crippen LogP contribution in [0.2, 0.25) is 0 Å². The number of likely N-dealkylation sites (N-methyl/N-ethyl adjacent to an activating group) is 2. The number of carbonyl (C=O) groups is 3. The molecule has 1 saturated heterocycles. The molecule has 11 nitrogen and oxygen atoms in total. The summed E-state index contributed by atoms with van der Waals surface area (Å²) >= 11 is 0. The van der Waals surface area contributed by atoms with Crippen molar-refractivity contribution in [1.29, 1.82) is 0 Å². The van der Waals surface area contributed by atoms with Gasteiger partial charge in [-0.25, -0.2) is 0 Å². The topological polar surface area (TPSA) is 168 Å². The van der Waals surface area contributed by atoms with Crippen LogP contribution in [0.5, 0.6) is 5.75 Å². The molecule has 2 aromatic rings. The molecule has 0 bridgehead atoms. The van der Waals surface area contributed by atoms with Crippen LogP contribution in [0.3, 0.4) is 0 Å². The molecule has 232 valence electrons. The van der Waals surface area contributed by atoms with Gasteiger partial charge in [-0.2, -0.15) is 0 Å². The van der Waals surface area contributed by atoms with E-state index in [2.05, 4.69) is 16.8 Å². The summed E-state index contributed by atoms with van der Waals surface area (Å²) in [7, 11) is 5.32. The van der Waals surface area contributed by atoms with Crippen molar-refractivity contribution in [3.63, 3.8) is 0 Å². The lowest BCUT2D eigenvalue weighted by Crippen LogP contribution is -2.63. The van der Waals surface area contributed by atoms with E-state index in [9.17, 15) is 34.8 Å². The number of fused-ring (bicyclic) bond motifs is 3. The highest BCUT2D eigenvalue weighted by Crippen LogP contribution is 2.52. The van der Waals surface area contributed by atoms with Gasteiger partial charge in [-0.1, -0.05) is 30.3 Å². The largest absolute Gasteiger partial charge is 0.510 e. The zero-order chi connectivity index (χ0) is 31.7. The van der Waals surface area contributed by atoms with Crippen molar-refractivity contribution in [1.82, 2.24) is 14.7 Å². The molecule has 0 unspecified atom stereocenters. The number of hydrogen-bond acceptors (Lipinski definition) is 10. The van der Waals surface area contributed by atoms with Gasteiger partial charge in [0.1, 0.15) is 22.8 Å². The number of allylic oxidation sites excluding steroid dienone is 1. The third kappa shape index (κ3) is 4.54. The summed E-state index contributed by atoms with van der Waals surface area (Å²) < 4.78 is 0. The Morgan fingerprint density at radius 1 is 1.07 bits per heavy atom. The Bertz CT molecular complexity index is 1640. The fraction of sp³-hybridized carbons (Fsp3) is 0.424. The lowest BCUT2D eigenvalue weighted by molar-refractivity contribution is -0.148. The van der Waals surface area contributed by atoms with E-state index in [-0.39, 0.29) is 29.7 Å². The van der Waals surface area contributed by atoms with Crippen LogP contribution in [-0.2, 0) is 22.6 Å². The first-order chi connectivity index (χ1) is 20.8. The zero-order valence-electron chi connectivity index (χ0n) is 25.1.